The summed E-state index contributed by atoms with van der Waals surface area (Å²) in [6, 6.07) is 5.46. The Bertz CT molecular complexity index is 605. The molecule has 1 atom stereocenters. The lowest BCUT2D eigenvalue weighted by Crippen LogP contribution is -2.21. The summed E-state index contributed by atoms with van der Waals surface area (Å²) in [6.45, 7) is 1.55. The number of benzene rings is 1. The van der Waals surface area contributed by atoms with Crippen LogP contribution >= 0.6 is 0 Å². The second-order valence-electron chi connectivity index (χ2n) is 4.89. The van der Waals surface area contributed by atoms with Crippen LogP contribution in [0.3, 0.4) is 0 Å². The van der Waals surface area contributed by atoms with Crippen LogP contribution in [0.5, 0.6) is 0 Å². The zero-order valence-corrected chi connectivity index (χ0v) is 11.4. The standard InChI is InChI=1S/C13H17N3O2S/c14-10-1-2-11-12(7-10)16-13(15-11)19(17)8-9-3-5-18-6-4-9/h1-2,7,9H,3-6,8,14H2,(H,15,16). The number of nitrogens with one attached hydrogen (secondary N) is 1. The van der Waals surface area contributed by atoms with Gasteiger partial charge in [-0.15, -0.1) is 0 Å². The summed E-state index contributed by atoms with van der Waals surface area (Å²) in [7, 11) is -1.08. The SMILES string of the molecule is Nc1ccc2nc(S(=O)CC3CCOCC3)[nH]c2c1. The summed E-state index contributed by atoms with van der Waals surface area (Å²) in [5, 5.41) is 0.548. The summed E-state index contributed by atoms with van der Waals surface area (Å²) in [5.41, 5.74) is 8.05. The Morgan fingerprint density at radius 2 is 2.21 bits per heavy atom. The number of aromatic amines is 1. The summed E-state index contributed by atoms with van der Waals surface area (Å²) in [4.78, 5) is 7.48. The second kappa shape index (κ2) is 5.30. The van der Waals surface area contributed by atoms with Crippen molar-refractivity contribution >= 4 is 27.5 Å². The van der Waals surface area contributed by atoms with Crippen molar-refractivity contribution < 1.29 is 8.95 Å². The molecule has 3 N–H and O–H groups in total. The first-order chi connectivity index (χ1) is 9.22. The summed E-state index contributed by atoms with van der Waals surface area (Å²) in [6.07, 6.45) is 1.97. The average Bonchev–Trinajstić information content (AvgIpc) is 2.83. The van der Waals surface area contributed by atoms with Gasteiger partial charge < -0.3 is 15.5 Å². The number of nitrogens with zero attached hydrogens (tertiary/aromatic N) is 1. The van der Waals surface area contributed by atoms with Crippen LogP contribution in [0.25, 0.3) is 11.0 Å². The van der Waals surface area contributed by atoms with Gasteiger partial charge in [-0.25, -0.2) is 4.98 Å². The summed E-state index contributed by atoms with van der Waals surface area (Å²) < 4.78 is 17.6. The Kier molecular flexibility index (Phi) is 3.52. The van der Waals surface area contributed by atoms with Crippen LogP contribution < -0.4 is 5.73 Å². The molecule has 3 rings (SSSR count). The summed E-state index contributed by atoms with van der Waals surface area (Å²) >= 11 is 0. The number of rotatable bonds is 3. The third kappa shape index (κ3) is 2.79. The number of fused-ring (bicyclic) bond motifs is 1. The Labute approximate surface area is 114 Å². The van der Waals surface area contributed by atoms with Gasteiger partial charge in [0.05, 0.1) is 21.8 Å². The maximum absolute atomic E-state index is 12.3. The van der Waals surface area contributed by atoms with E-state index >= 15 is 0 Å². The predicted octanol–water partition coefficient (Wildman–Crippen LogP) is 1.68. The molecule has 0 bridgehead atoms. The average molecular weight is 279 g/mol. The molecular formula is C13H17N3O2S. The minimum absolute atomic E-state index is 0.466. The molecule has 1 aromatic heterocycles. The van der Waals surface area contributed by atoms with E-state index in [4.69, 9.17) is 10.5 Å². The lowest BCUT2D eigenvalue weighted by Gasteiger charge is -2.20. The normalized spacial score (nSPS) is 18.7. The van der Waals surface area contributed by atoms with Crippen molar-refractivity contribution in [3.63, 3.8) is 0 Å². The van der Waals surface area contributed by atoms with Gasteiger partial charge in [0.2, 0.25) is 0 Å². The number of anilines is 1. The number of imidazole rings is 1. The van der Waals surface area contributed by atoms with Gasteiger partial charge in [-0.05, 0) is 37.0 Å². The van der Waals surface area contributed by atoms with Crippen molar-refractivity contribution in [2.45, 2.75) is 18.0 Å². The van der Waals surface area contributed by atoms with Gasteiger partial charge in [0.15, 0.2) is 5.16 Å². The number of H-pyrrole nitrogens is 1. The fraction of sp³-hybridized carbons (Fsp3) is 0.462. The van der Waals surface area contributed by atoms with Gasteiger partial charge in [0.25, 0.3) is 0 Å². The molecule has 0 saturated carbocycles. The van der Waals surface area contributed by atoms with Crippen molar-refractivity contribution in [3.05, 3.63) is 18.2 Å². The minimum atomic E-state index is -1.08. The fourth-order valence-electron chi connectivity index (χ4n) is 2.32. The minimum Gasteiger partial charge on any atom is -0.399 e. The van der Waals surface area contributed by atoms with E-state index in [2.05, 4.69) is 9.97 Å². The van der Waals surface area contributed by atoms with Crippen molar-refractivity contribution in [3.8, 4) is 0 Å². The molecule has 2 heterocycles. The zero-order valence-electron chi connectivity index (χ0n) is 10.6. The molecule has 1 fully saturated rings. The van der Waals surface area contributed by atoms with E-state index in [1.54, 1.807) is 6.07 Å². The number of aromatic nitrogens is 2. The van der Waals surface area contributed by atoms with Crippen LogP contribution in [-0.4, -0.2) is 33.1 Å². The Hall–Kier alpha value is -1.40. The molecule has 1 aliphatic heterocycles. The molecule has 1 saturated heterocycles. The maximum atomic E-state index is 12.3. The summed E-state index contributed by atoms with van der Waals surface area (Å²) in [5.74, 6) is 1.12. The highest BCUT2D eigenvalue weighted by Gasteiger charge is 2.19. The number of ether oxygens (including phenoxy) is 1. The topological polar surface area (TPSA) is 81.0 Å². The van der Waals surface area contributed by atoms with Gasteiger partial charge >= 0.3 is 0 Å². The van der Waals surface area contributed by atoms with Crippen LogP contribution in [-0.2, 0) is 15.5 Å². The van der Waals surface area contributed by atoms with Gasteiger partial charge in [-0.1, -0.05) is 0 Å². The van der Waals surface area contributed by atoms with Gasteiger partial charge in [-0.2, -0.15) is 0 Å². The Morgan fingerprint density at radius 1 is 1.42 bits per heavy atom. The number of nitrogen functional groups attached to an aromatic ring is 1. The highest BCUT2D eigenvalue weighted by molar-refractivity contribution is 7.84. The zero-order chi connectivity index (χ0) is 13.2. The first-order valence-electron chi connectivity index (χ1n) is 6.44. The largest absolute Gasteiger partial charge is 0.399 e. The van der Waals surface area contributed by atoms with E-state index in [1.165, 1.54) is 0 Å². The molecule has 1 aliphatic rings. The fourth-order valence-corrected chi connectivity index (χ4v) is 3.66. The number of hydrogen-bond acceptors (Lipinski definition) is 4. The van der Waals surface area contributed by atoms with Crippen molar-refractivity contribution in [1.82, 2.24) is 9.97 Å². The molecule has 1 aromatic carbocycles. The highest BCUT2D eigenvalue weighted by atomic mass is 32.2. The third-order valence-electron chi connectivity index (χ3n) is 3.43. The van der Waals surface area contributed by atoms with Crippen LogP contribution in [0.4, 0.5) is 5.69 Å². The van der Waals surface area contributed by atoms with Crippen LogP contribution in [0.15, 0.2) is 23.4 Å². The monoisotopic (exact) mass is 279 g/mol. The quantitative estimate of drug-likeness (QED) is 0.838. The Balaban J connectivity index is 1.77. The lowest BCUT2D eigenvalue weighted by atomic mass is 10.0. The van der Waals surface area contributed by atoms with Crippen molar-refractivity contribution in [2.24, 2.45) is 5.92 Å². The molecule has 0 spiro atoms. The van der Waals surface area contributed by atoms with Gasteiger partial charge in [0.1, 0.15) is 0 Å². The molecule has 0 aliphatic carbocycles. The number of nitrogens with two attached hydrogens (primary N) is 1. The molecule has 1 unspecified atom stereocenters. The Morgan fingerprint density at radius 3 is 3.00 bits per heavy atom. The molecule has 5 nitrogen and oxygen atoms in total. The van der Waals surface area contributed by atoms with Crippen LogP contribution in [0, 0.1) is 5.92 Å². The van der Waals surface area contributed by atoms with Crippen molar-refractivity contribution in [1.29, 1.82) is 0 Å². The molecule has 102 valence electrons. The molecular weight excluding hydrogens is 262 g/mol. The highest BCUT2D eigenvalue weighted by Crippen LogP contribution is 2.20. The van der Waals surface area contributed by atoms with Gasteiger partial charge in [-0.3, -0.25) is 4.21 Å². The smallest absolute Gasteiger partial charge is 0.197 e. The molecule has 0 amide bonds. The van der Waals surface area contributed by atoms with Gasteiger partial charge in [0, 0.05) is 24.7 Å². The van der Waals surface area contributed by atoms with E-state index < -0.39 is 10.8 Å². The first-order valence-corrected chi connectivity index (χ1v) is 7.75. The number of hydrogen-bond donors (Lipinski definition) is 2. The van der Waals surface area contributed by atoms with E-state index in [1.807, 2.05) is 12.1 Å². The van der Waals surface area contributed by atoms with Crippen molar-refractivity contribution in [2.75, 3.05) is 24.7 Å². The van der Waals surface area contributed by atoms with E-state index in [0.717, 1.165) is 37.1 Å². The first kappa shape index (κ1) is 12.6. The maximum Gasteiger partial charge on any atom is 0.197 e. The van der Waals surface area contributed by atoms with Crippen LogP contribution in [0.2, 0.25) is 0 Å². The van der Waals surface area contributed by atoms with E-state index in [9.17, 15) is 4.21 Å². The van der Waals surface area contributed by atoms with E-state index in [0.29, 0.717) is 22.5 Å². The van der Waals surface area contributed by atoms with E-state index in [-0.39, 0.29) is 0 Å². The van der Waals surface area contributed by atoms with Crippen LogP contribution in [0.1, 0.15) is 12.8 Å². The molecule has 2 aromatic rings. The molecule has 6 heteroatoms. The third-order valence-corrected chi connectivity index (χ3v) is 4.83. The predicted molar refractivity (Wildman–Crippen MR) is 75.3 cm³/mol. The molecule has 19 heavy (non-hydrogen) atoms. The lowest BCUT2D eigenvalue weighted by molar-refractivity contribution is 0.0725. The second-order valence-corrected chi connectivity index (χ2v) is 6.30. The molecule has 0 radical (unpaired) electrons.